The molecule has 12 rings (SSSR count). The lowest BCUT2D eigenvalue weighted by molar-refractivity contribution is -0.118. The molecule has 0 bridgehead atoms. The largest absolute Gasteiger partial charge is 0.313 e. The van der Waals surface area contributed by atoms with Crippen LogP contribution < -0.4 is 19.6 Å². The number of aromatic nitrogens is 8. The second kappa shape index (κ2) is 44.4. The van der Waals surface area contributed by atoms with E-state index in [1.165, 1.54) is 174 Å². The number of pyridine rings is 8. The van der Waals surface area contributed by atoms with Crippen LogP contribution >= 0.6 is 11.6 Å². The van der Waals surface area contributed by atoms with Crippen molar-refractivity contribution in [1.82, 2.24) is 39.9 Å². The molecule has 33 heteroatoms. The van der Waals surface area contributed by atoms with Crippen molar-refractivity contribution in [2.24, 2.45) is 0 Å². The Hall–Kier alpha value is -13.9. The highest BCUT2D eigenvalue weighted by Gasteiger charge is 2.27. The lowest BCUT2D eigenvalue weighted by atomic mass is 10.0. The molecule has 0 atom stereocenters. The maximum atomic E-state index is 14.7. The highest BCUT2D eigenvalue weighted by Crippen LogP contribution is 2.36. The van der Waals surface area contributed by atoms with E-state index in [1.54, 1.807) is 65.1 Å². The van der Waals surface area contributed by atoms with Crippen molar-refractivity contribution in [2.45, 2.75) is 112 Å². The number of hydrogen-bond donors (Lipinski definition) is 0. The molecule has 0 aliphatic heterocycles. The summed E-state index contributed by atoms with van der Waals surface area (Å²) >= 11 is 5.75. The van der Waals surface area contributed by atoms with E-state index in [4.69, 9.17) is 11.6 Å². The minimum Gasteiger partial charge on any atom is -0.313 e. The molecule has 0 spiro atoms. The maximum absolute atomic E-state index is 14.7. The molecule has 0 unspecified atom stereocenters. The quantitative estimate of drug-likeness (QED) is 0.0251. The molecule has 0 radical (unpaired) electrons. The Balaban J connectivity index is 0.000000190. The Labute approximate surface area is 721 Å². The molecule has 0 saturated carbocycles. The molecule has 4 amide bonds. The maximum Gasteiger partial charge on any atom is 0.226 e. The number of carbonyl (C=O) groups is 8. The Kier molecular flexibility index (Phi) is 33.8. The minimum atomic E-state index is -1.16. The van der Waals surface area contributed by atoms with Crippen LogP contribution in [0, 0.1) is 77.3 Å². The molecule has 0 aliphatic rings. The lowest BCUT2D eigenvalue weighted by Crippen LogP contribution is -2.26. The van der Waals surface area contributed by atoms with E-state index < -0.39 is 76.1 Å². The number of benzene rings is 4. The van der Waals surface area contributed by atoms with Crippen LogP contribution in [0.3, 0.4) is 0 Å². The molecular formula is C93H81ClF12N12O8. The normalized spacial score (nSPS) is 10.8. The lowest BCUT2D eigenvalue weighted by Gasteiger charge is -2.18. The molecule has 4 aromatic carbocycles. The molecule has 0 aliphatic carbocycles. The number of rotatable bonds is 28. The van der Waals surface area contributed by atoms with Crippen molar-refractivity contribution in [3.63, 3.8) is 0 Å². The van der Waals surface area contributed by atoms with Gasteiger partial charge in [-0.25, -0.2) is 50.1 Å². The van der Waals surface area contributed by atoms with Gasteiger partial charge in [-0.15, -0.1) is 0 Å². The van der Waals surface area contributed by atoms with Crippen LogP contribution in [0.1, 0.15) is 149 Å². The summed E-state index contributed by atoms with van der Waals surface area (Å²) in [6, 6.07) is 33.7. The van der Waals surface area contributed by atoms with E-state index in [9.17, 15) is 91.0 Å². The zero-order valence-corrected chi connectivity index (χ0v) is 70.1. The molecule has 126 heavy (non-hydrogen) atoms. The third-order valence-corrected chi connectivity index (χ3v) is 20.2. The summed E-state index contributed by atoms with van der Waals surface area (Å²) in [7, 11) is 5.52. The van der Waals surface area contributed by atoms with Gasteiger partial charge in [-0.3, -0.25) is 58.3 Å². The number of amides is 4. The number of ketones is 4. The summed E-state index contributed by atoms with van der Waals surface area (Å²) in [6.07, 6.45) is 10.5. The van der Waals surface area contributed by atoms with Gasteiger partial charge in [0.25, 0.3) is 0 Å². The predicted octanol–water partition coefficient (Wildman–Crippen LogP) is 20.0. The number of carbonyl (C=O) groups excluding carboxylic acids is 8. The summed E-state index contributed by atoms with van der Waals surface area (Å²) in [6.45, 7) is 8.19. The fraction of sp³-hybridized carbons (Fsp3) is 0.226. The van der Waals surface area contributed by atoms with Crippen LogP contribution in [0.4, 0.5) is 75.4 Å². The summed E-state index contributed by atoms with van der Waals surface area (Å²) in [5.41, 5.74) is 4.06. The van der Waals surface area contributed by atoms with E-state index in [-0.39, 0.29) is 178 Å². The Morgan fingerprint density at radius 2 is 0.579 bits per heavy atom. The van der Waals surface area contributed by atoms with Crippen molar-refractivity contribution in [3.05, 3.63) is 309 Å². The summed E-state index contributed by atoms with van der Waals surface area (Å²) in [5.74, 6) is -14.5. The Morgan fingerprint density at radius 1 is 0.294 bits per heavy atom. The molecule has 0 N–H and O–H groups in total. The van der Waals surface area contributed by atoms with Crippen molar-refractivity contribution < 1.29 is 91.0 Å². The van der Waals surface area contributed by atoms with Gasteiger partial charge >= 0.3 is 0 Å². The highest BCUT2D eigenvalue weighted by atomic mass is 35.5. The zero-order valence-electron chi connectivity index (χ0n) is 69.4. The molecule has 8 aromatic heterocycles. The van der Waals surface area contributed by atoms with E-state index in [0.29, 0.717) is 46.8 Å². The van der Waals surface area contributed by atoms with Crippen LogP contribution in [-0.4, -0.2) is 115 Å². The average Bonchev–Trinajstić information content (AvgIpc) is 0.807. The van der Waals surface area contributed by atoms with E-state index in [2.05, 4.69) is 39.9 Å². The number of Topliss-reactive ketones (excluding diaryl/α,β-unsaturated/α-hetero) is 4. The number of anilines is 4. The first-order chi connectivity index (χ1) is 60.1. The molecule has 0 fully saturated rings. The van der Waals surface area contributed by atoms with Crippen molar-refractivity contribution >= 4 is 81.1 Å². The van der Waals surface area contributed by atoms with Crippen LogP contribution in [-0.2, 0) is 44.9 Å². The second-order valence-corrected chi connectivity index (χ2v) is 28.5. The Morgan fingerprint density at radius 3 is 0.849 bits per heavy atom. The molecular weight excluding hydrogens is 1680 g/mol. The highest BCUT2D eigenvalue weighted by molar-refractivity contribution is 6.29. The smallest absolute Gasteiger partial charge is 0.226 e. The first-order valence-corrected chi connectivity index (χ1v) is 39.6. The molecule has 652 valence electrons. The van der Waals surface area contributed by atoms with E-state index in [1.807, 2.05) is 0 Å². The van der Waals surface area contributed by atoms with Gasteiger partial charge in [0.15, 0.2) is 69.7 Å². The minimum absolute atomic E-state index is 0.00247. The number of halogens is 13. The first kappa shape index (κ1) is 95.9. The number of aryl methyl sites for hydroxylation is 5. The summed E-state index contributed by atoms with van der Waals surface area (Å²) in [4.78, 5) is 131. The third kappa shape index (κ3) is 24.3. The van der Waals surface area contributed by atoms with Gasteiger partial charge in [0.1, 0.15) is 27.9 Å². The summed E-state index contributed by atoms with van der Waals surface area (Å²) in [5, 5.41) is 0.382. The SMILES string of the molecule is CCC(=O)N(C)c1ccc(-c2ccc(C(=O)CCc3ccc(Cl)nc3)nc2)c(F)c1F.CCC(=O)N(C)c1ccc(-c2ccc(C(=O)CCc3ccc(F)nc3)nc2)c(F)c1F.CCC(=O)N(C)c1ccc(-c2ccc(C(=O)CCc3ccc(F)nc3C)nc2)c(F)c1F.CCC(=O)N(C)c1ccc(-c2ccc(C(=O)CCc3ccc(F)nc3F)nc2)c(F)c1F. The topological polar surface area (TPSA) is 253 Å². The van der Waals surface area contributed by atoms with Gasteiger partial charge in [0.05, 0.1) is 22.7 Å². The molecule has 20 nitrogen and oxygen atoms in total. The van der Waals surface area contributed by atoms with Crippen LogP contribution in [0.15, 0.2) is 183 Å². The van der Waals surface area contributed by atoms with Gasteiger partial charge in [0, 0.05) is 173 Å². The first-order valence-electron chi connectivity index (χ1n) is 39.2. The van der Waals surface area contributed by atoms with Crippen LogP contribution in [0.25, 0.3) is 44.5 Å². The van der Waals surface area contributed by atoms with Crippen molar-refractivity contribution in [3.8, 4) is 44.5 Å². The third-order valence-electron chi connectivity index (χ3n) is 20.0. The standard InChI is InChI=1S/C24H22F3N3O2.C23H20ClF2N3O2.C23H19F4N3O2.C23H20F3N3O2/c1-4-22(32)30(3)19-10-8-17(23(26)24(19)27)16-5-9-18(28-13-16)20(31)11-6-15-7-12-21(25)29-14(15)2;1-3-21(31)29(2)18-9-7-16(22(25)23(18)26)15-6-8-17(27-13-15)19(30)10-4-14-5-11-20(24)28-12-14;1-3-20(32)30(2)17-9-7-15(21(25)22(17)26)14-4-8-16(28-12-14)18(31)10-5-13-6-11-19(24)29-23(13)27;1-3-21(31)29(2)18-9-7-16(22(25)23(18)26)15-6-8-17(27-13-15)19(30)10-4-14-5-11-20(24)28-12-14/h5,7-10,12-13H,4,6,11H2,1-3H3;5-9,11-13H,3-4,10H2,1-2H3;4,6-9,11-12H,3,5,10H2,1-2H3;5-9,11-13H,3-4,10H2,1-2H3. The molecule has 8 heterocycles. The fourth-order valence-electron chi connectivity index (χ4n) is 12.5. The van der Waals surface area contributed by atoms with Gasteiger partial charge in [-0.05, 0) is 152 Å². The molecule has 12 aromatic rings. The van der Waals surface area contributed by atoms with Crippen LogP contribution in [0.2, 0.25) is 5.15 Å². The van der Waals surface area contributed by atoms with Gasteiger partial charge in [-0.2, -0.15) is 22.5 Å². The van der Waals surface area contributed by atoms with Gasteiger partial charge in [0.2, 0.25) is 47.4 Å². The monoisotopic (exact) mass is 1760 g/mol. The van der Waals surface area contributed by atoms with Gasteiger partial charge < -0.3 is 19.6 Å². The van der Waals surface area contributed by atoms with Crippen molar-refractivity contribution in [1.29, 1.82) is 0 Å². The summed E-state index contributed by atoms with van der Waals surface area (Å²) < 4.78 is 169. The Bertz CT molecular complexity index is 5630. The molecule has 0 saturated heterocycles. The van der Waals surface area contributed by atoms with E-state index in [0.717, 1.165) is 42.4 Å². The van der Waals surface area contributed by atoms with Gasteiger partial charge in [-0.1, -0.05) is 81.8 Å². The zero-order chi connectivity index (χ0) is 91.9. The number of nitrogens with zero attached hydrogens (tertiary/aromatic N) is 12. The fourth-order valence-corrected chi connectivity index (χ4v) is 12.6. The van der Waals surface area contributed by atoms with Crippen LogP contribution in [0.5, 0.6) is 0 Å². The second-order valence-electron chi connectivity index (χ2n) is 28.1. The van der Waals surface area contributed by atoms with Crippen molar-refractivity contribution in [2.75, 3.05) is 47.8 Å². The van der Waals surface area contributed by atoms with E-state index >= 15 is 0 Å². The predicted molar refractivity (Wildman–Crippen MR) is 450 cm³/mol. The number of hydrogen-bond acceptors (Lipinski definition) is 16. The average molecular weight is 1760 g/mol.